The molecule has 0 aliphatic rings. The molecule has 7 heteroatoms. The Kier molecular flexibility index (Phi) is 6.32. The number of nitrogens with zero attached hydrogens (tertiary/aromatic N) is 1. The second-order valence-corrected chi connectivity index (χ2v) is 4.31. The Hall–Kier alpha value is -2.44. The monoisotopic (exact) mass is 296 g/mol. The number of carboxylic acids is 1. The minimum absolute atomic E-state index is 0.352. The molecule has 0 heterocycles. The molecule has 0 radical (unpaired) electrons. The first-order valence-electron chi connectivity index (χ1n) is 6.51. The van der Waals surface area contributed by atoms with E-state index in [2.05, 4.69) is 5.32 Å². The largest absolute Gasteiger partial charge is 0.497 e. The molecule has 1 aromatic carbocycles. The smallest absolute Gasteiger partial charge is 0.323 e. The van der Waals surface area contributed by atoms with Gasteiger partial charge in [0.25, 0.3) is 0 Å². The van der Waals surface area contributed by atoms with Crippen LogP contribution in [0.3, 0.4) is 0 Å². The fourth-order valence-corrected chi connectivity index (χ4v) is 1.79. The summed E-state index contributed by atoms with van der Waals surface area (Å²) in [6, 6.07) is 4.48. The van der Waals surface area contributed by atoms with Crippen LogP contribution in [0.1, 0.15) is 13.3 Å². The minimum atomic E-state index is -1.06. The molecule has 2 amide bonds. The lowest BCUT2D eigenvalue weighted by Crippen LogP contribution is -2.39. The molecule has 0 spiro atoms. The van der Waals surface area contributed by atoms with Crippen LogP contribution in [0.2, 0.25) is 0 Å². The molecule has 21 heavy (non-hydrogen) atoms. The van der Waals surface area contributed by atoms with E-state index in [0.29, 0.717) is 30.2 Å². The number of aliphatic carboxylic acids is 1. The van der Waals surface area contributed by atoms with Crippen LogP contribution in [-0.2, 0) is 4.79 Å². The fourth-order valence-electron chi connectivity index (χ4n) is 1.79. The van der Waals surface area contributed by atoms with Crippen molar-refractivity contribution < 1.29 is 24.2 Å². The van der Waals surface area contributed by atoms with Gasteiger partial charge in [0.15, 0.2) is 0 Å². The van der Waals surface area contributed by atoms with Crippen molar-refractivity contribution in [3.8, 4) is 11.5 Å². The summed E-state index contributed by atoms with van der Waals surface area (Å²) in [6.45, 7) is 1.87. The second-order valence-electron chi connectivity index (χ2n) is 4.31. The van der Waals surface area contributed by atoms with Gasteiger partial charge in [-0.2, -0.15) is 0 Å². The maximum atomic E-state index is 12.2. The number of ether oxygens (including phenoxy) is 2. The van der Waals surface area contributed by atoms with Gasteiger partial charge in [0.2, 0.25) is 0 Å². The van der Waals surface area contributed by atoms with E-state index in [4.69, 9.17) is 14.6 Å². The van der Waals surface area contributed by atoms with Crippen LogP contribution in [0.5, 0.6) is 11.5 Å². The third-order valence-corrected chi connectivity index (χ3v) is 2.76. The molecule has 1 aromatic rings. The number of carbonyl (C=O) groups is 2. The number of hydrogen-bond acceptors (Lipinski definition) is 4. The molecule has 116 valence electrons. The van der Waals surface area contributed by atoms with Crippen LogP contribution in [0, 0.1) is 0 Å². The summed E-state index contributed by atoms with van der Waals surface area (Å²) in [4.78, 5) is 24.2. The van der Waals surface area contributed by atoms with Gasteiger partial charge in [-0.05, 0) is 18.6 Å². The van der Waals surface area contributed by atoms with Gasteiger partial charge in [0.1, 0.15) is 18.0 Å². The van der Waals surface area contributed by atoms with Crippen molar-refractivity contribution in [2.24, 2.45) is 0 Å². The van der Waals surface area contributed by atoms with Crippen LogP contribution in [0.25, 0.3) is 0 Å². The number of urea groups is 1. The second kappa shape index (κ2) is 7.98. The Bertz CT molecular complexity index is 504. The van der Waals surface area contributed by atoms with Gasteiger partial charge in [0, 0.05) is 12.6 Å². The third-order valence-electron chi connectivity index (χ3n) is 2.76. The van der Waals surface area contributed by atoms with E-state index < -0.39 is 12.0 Å². The first-order chi connectivity index (χ1) is 10.0. The summed E-state index contributed by atoms with van der Waals surface area (Å²) in [6.07, 6.45) is 0.663. The lowest BCUT2D eigenvalue weighted by molar-refractivity contribution is -0.137. The van der Waals surface area contributed by atoms with Gasteiger partial charge >= 0.3 is 12.0 Å². The summed E-state index contributed by atoms with van der Waals surface area (Å²) in [5.41, 5.74) is 0.424. The van der Waals surface area contributed by atoms with Crippen molar-refractivity contribution in [3.05, 3.63) is 18.2 Å². The van der Waals surface area contributed by atoms with Crippen molar-refractivity contribution in [2.45, 2.75) is 13.3 Å². The Morgan fingerprint density at radius 3 is 2.52 bits per heavy atom. The highest BCUT2D eigenvalue weighted by molar-refractivity contribution is 5.93. The van der Waals surface area contributed by atoms with Gasteiger partial charge in [0.05, 0.1) is 19.9 Å². The van der Waals surface area contributed by atoms with E-state index in [1.54, 1.807) is 18.2 Å². The van der Waals surface area contributed by atoms with Crippen molar-refractivity contribution in [3.63, 3.8) is 0 Å². The zero-order valence-corrected chi connectivity index (χ0v) is 12.4. The number of carboxylic acid groups (broad SMARTS) is 1. The number of benzene rings is 1. The molecule has 1 rings (SSSR count). The predicted molar refractivity (Wildman–Crippen MR) is 78.1 cm³/mol. The maximum Gasteiger partial charge on any atom is 0.323 e. The van der Waals surface area contributed by atoms with E-state index >= 15 is 0 Å². The van der Waals surface area contributed by atoms with Crippen LogP contribution in [0.15, 0.2) is 18.2 Å². The third kappa shape index (κ3) is 4.87. The van der Waals surface area contributed by atoms with Crippen LogP contribution in [-0.4, -0.2) is 49.3 Å². The van der Waals surface area contributed by atoms with Gasteiger partial charge in [-0.15, -0.1) is 0 Å². The van der Waals surface area contributed by atoms with E-state index in [1.165, 1.54) is 19.1 Å². The lowest BCUT2D eigenvalue weighted by atomic mass is 10.2. The molecule has 0 aromatic heterocycles. The van der Waals surface area contributed by atoms with Crippen molar-refractivity contribution >= 4 is 17.7 Å². The topological polar surface area (TPSA) is 88.1 Å². The fraction of sp³-hybridized carbons (Fsp3) is 0.429. The van der Waals surface area contributed by atoms with Crippen molar-refractivity contribution in [1.29, 1.82) is 0 Å². The number of hydrogen-bond donors (Lipinski definition) is 2. The Labute approximate surface area is 123 Å². The highest BCUT2D eigenvalue weighted by Crippen LogP contribution is 2.29. The zero-order valence-electron chi connectivity index (χ0n) is 12.4. The SMILES string of the molecule is CCCN(CC(=O)O)C(=O)Nc1cc(OC)ccc1OC. The highest BCUT2D eigenvalue weighted by atomic mass is 16.5. The van der Waals surface area contributed by atoms with Crippen molar-refractivity contribution in [1.82, 2.24) is 4.90 Å². The number of anilines is 1. The van der Waals surface area contributed by atoms with E-state index in [9.17, 15) is 9.59 Å². The molecule has 0 fully saturated rings. The molecule has 0 saturated carbocycles. The Morgan fingerprint density at radius 2 is 2.00 bits per heavy atom. The Morgan fingerprint density at radius 1 is 1.29 bits per heavy atom. The van der Waals surface area contributed by atoms with Crippen LogP contribution < -0.4 is 14.8 Å². The lowest BCUT2D eigenvalue weighted by Gasteiger charge is -2.21. The van der Waals surface area contributed by atoms with Gasteiger partial charge in [-0.3, -0.25) is 4.79 Å². The molecule has 0 aliphatic heterocycles. The number of amides is 2. The Balaban J connectivity index is 2.91. The molecule has 0 bridgehead atoms. The summed E-state index contributed by atoms with van der Waals surface area (Å²) in [5.74, 6) is -0.0292. The number of methoxy groups -OCH3 is 2. The average Bonchev–Trinajstić information content (AvgIpc) is 2.46. The standard InChI is InChI=1S/C14H20N2O5/c1-4-7-16(9-13(17)18)14(19)15-11-8-10(20-2)5-6-12(11)21-3/h5-6,8H,4,7,9H2,1-3H3,(H,15,19)(H,17,18). The number of rotatable bonds is 7. The molecule has 0 aliphatic carbocycles. The quantitative estimate of drug-likeness (QED) is 0.803. The van der Waals surface area contributed by atoms with Crippen LogP contribution in [0.4, 0.5) is 10.5 Å². The molecule has 0 saturated heterocycles. The van der Waals surface area contributed by atoms with Gasteiger partial charge in [-0.25, -0.2) is 4.79 Å². The van der Waals surface area contributed by atoms with Gasteiger partial charge in [-0.1, -0.05) is 6.92 Å². The predicted octanol–water partition coefficient (Wildman–Crippen LogP) is 2.03. The minimum Gasteiger partial charge on any atom is -0.497 e. The molecular weight excluding hydrogens is 276 g/mol. The van der Waals surface area contributed by atoms with Crippen LogP contribution >= 0.6 is 0 Å². The molecule has 7 nitrogen and oxygen atoms in total. The van der Waals surface area contributed by atoms with E-state index in [0.717, 1.165) is 0 Å². The highest BCUT2D eigenvalue weighted by Gasteiger charge is 2.17. The number of carbonyl (C=O) groups excluding carboxylic acids is 1. The molecular formula is C14H20N2O5. The first-order valence-corrected chi connectivity index (χ1v) is 6.51. The van der Waals surface area contributed by atoms with E-state index in [1.807, 2.05) is 6.92 Å². The summed E-state index contributed by atoms with van der Waals surface area (Å²) in [7, 11) is 3.00. The summed E-state index contributed by atoms with van der Waals surface area (Å²) >= 11 is 0. The maximum absolute atomic E-state index is 12.2. The van der Waals surface area contributed by atoms with Gasteiger partial charge < -0.3 is 24.8 Å². The number of nitrogens with one attached hydrogen (secondary N) is 1. The molecule has 2 N–H and O–H groups in total. The normalized spacial score (nSPS) is 9.86. The molecule has 0 atom stereocenters. The average molecular weight is 296 g/mol. The first kappa shape index (κ1) is 16.6. The molecule has 0 unspecified atom stereocenters. The zero-order chi connectivity index (χ0) is 15.8. The summed E-state index contributed by atoms with van der Waals surface area (Å²) in [5, 5.41) is 11.5. The van der Waals surface area contributed by atoms with E-state index in [-0.39, 0.29) is 6.54 Å². The summed E-state index contributed by atoms with van der Waals surface area (Å²) < 4.78 is 10.3. The van der Waals surface area contributed by atoms with Crippen molar-refractivity contribution in [2.75, 3.05) is 32.6 Å².